The maximum Gasteiger partial charge on any atom is 0.244 e. The first kappa shape index (κ1) is 28.2. The molecule has 9 heteroatoms. The predicted molar refractivity (Wildman–Crippen MR) is 139 cm³/mol. The summed E-state index contributed by atoms with van der Waals surface area (Å²) >= 11 is 0. The van der Waals surface area contributed by atoms with Crippen LogP contribution >= 0.6 is 0 Å². The molecular formula is C26H37N3O5S. The monoisotopic (exact) mass is 503 g/mol. The quantitative estimate of drug-likeness (QED) is 0.507. The Labute approximate surface area is 209 Å². The average Bonchev–Trinajstić information content (AvgIpc) is 2.77. The van der Waals surface area contributed by atoms with Crippen molar-refractivity contribution in [1.82, 2.24) is 10.2 Å². The number of rotatable bonds is 11. The largest absolute Gasteiger partial charge is 0.497 e. The van der Waals surface area contributed by atoms with E-state index >= 15 is 0 Å². The lowest BCUT2D eigenvalue weighted by molar-refractivity contribution is -0.140. The molecule has 8 nitrogen and oxygen atoms in total. The lowest BCUT2D eigenvalue weighted by atomic mass is 10.1. The van der Waals surface area contributed by atoms with Crippen molar-refractivity contribution in [3.8, 4) is 5.75 Å². The topological polar surface area (TPSA) is 96.0 Å². The van der Waals surface area contributed by atoms with Crippen LogP contribution in [0.1, 0.15) is 43.9 Å². The number of aryl methyl sites for hydroxylation is 2. The van der Waals surface area contributed by atoms with Gasteiger partial charge in [0.2, 0.25) is 21.8 Å². The fourth-order valence-electron chi connectivity index (χ4n) is 4.04. The molecule has 0 spiro atoms. The first-order chi connectivity index (χ1) is 16.4. The number of amides is 2. The molecule has 0 saturated carbocycles. The zero-order valence-electron chi connectivity index (χ0n) is 21.7. The molecule has 1 atom stereocenters. The van der Waals surface area contributed by atoms with Gasteiger partial charge in [-0.3, -0.25) is 13.9 Å². The van der Waals surface area contributed by atoms with Crippen molar-refractivity contribution in [2.45, 2.75) is 59.7 Å². The Morgan fingerprint density at radius 2 is 1.66 bits per heavy atom. The van der Waals surface area contributed by atoms with E-state index in [0.717, 1.165) is 27.3 Å². The third-order valence-corrected chi connectivity index (χ3v) is 6.78. The predicted octanol–water partition coefficient (Wildman–Crippen LogP) is 3.41. The van der Waals surface area contributed by atoms with E-state index in [1.165, 1.54) is 4.90 Å². The molecule has 0 aromatic heterocycles. The summed E-state index contributed by atoms with van der Waals surface area (Å²) in [4.78, 5) is 28.3. The molecule has 0 unspecified atom stereocenters. The van der Waals surface area contributed by atoms with Gasteiger partial charge in [0, 0.05) is 12.6 Å². The van der Waals surface area contributed by atoms with Crippen molar-refractivity contribution in [2.75, 3.05) is 24.2 Å². The van der Waals surface area contributed by atoms with Crippen LogP contribution < -0.4 is 14.4 Å². The number of hydrogen-bond donors (Lipinski definition) is 1. The van der Waals surface area contributed by atoms with Crippen LogP contribution in [0.3, 0.4) is 0 Å². The van der Waals surface area contributed by atoms with Crippen molar-refractivity contribution in [3.63, 3.8) is 0 Å². The molecule has 1 N–H and O–H groups in total. The standard InChI is InChI=1S/C26H37N3O5S/c1-8-23(26(31)27-18(2)3)28(16-21-13-10-14-22(15-21)34-6)24(30)17-29(35(7,32)33)25-19(4)11-9-12-20(25)5/h9-15,18,23H,8,16-17H2,1-7H3,(H,27,31)/t23-/m1/s1. The Morgan fingerprint density at radius 3 is 2.17 bits per heavy atom. The number of ether oxygens (including phenoxy) is 1. The second-order valence-electron chi connectivity index (χ2n) is 8.97. The Bertz CT molecular complexity index is 1130. The lowest BCUT2D eigenvalue weighted by Gasteiger charge is -2.34. The van der Waals surface area contributed by atoms with Crippen LogP contribution in [0.4, 0.5) is 5.69 Å². The molecule has 0 aliphatic heterocycles. The maximum absolute atomic E-state index is 13.8. The van der Waals surface area contributed by atoms with E-state index in [9.17, 15) is 18.0 Å². The van der Waals surface area contributed by atoms with Crippen molar-refractivity contribution in [2.24, 2.45) is 0 Å². The molecule has 0 saturated heterocycles. The number of anilines is 1. The first-order valence-electron chi connectivity index (χ1n) is 11.7. The number of hydrogen-bond acceptors (Lipinski definition) is 5. The zero-order valence-corrected chi connectivity index (χ0v) is 22.5. The minimum atomic E-state index is -3.78. The van der Waals surface area contributed by atoms with E-state index in [-0.39, 0.29) is 18.5 Å². The molecule has 0 bridgehead atoms. The first-order valence-corrected chi connectivity index (χ1v) is 13.5. The lowest BCUT2D eigenvalue weighted by Crippen LogP contribution is -2.53. The van der Waals surface area contributed by atoms with Gasteiger partial charge in [-0.2, -0.15) is 0 Å². The summed E-state index contributed by atoms with van der Waals surface area (Å²) in [7, 11) is -2.22. The average molecular weight is 504 g/mol. The highest BCUT2D eigenvalue weighted by Gasteiger charge is 2.32. The van der Waals surface area contributed by atoms with E-state index in [4.69, 9.17) is 4.74 Å². The van der Waals surface area contributed by atoms with Crippen LogP contribution in [0.5, 0.6) is 5.75 Å². The molecule has 192 valence electrons. The Balaban J connectivity index is 2.51. The minimum Gasteiger partial charge on any atom is -0.497 e. The summed E-state index contributed by atoms with van der Waals surface area (Å²) in [5, 5.41) is 2.88. The zero-order chi connectivity index (χ0) is 26.3. The molecule has 0 aliphatic rings. The van der Waals surface area contributed by atoms with Crippen molar-refractivity contribution < 1.29 is 22.7 Å². The van der Waals surface area contributed by atoms with Gasteiger partial charge >= 0.3 is 0 Å². The number of benzene rings is 2. The molecule has 2 rings (SSSR count). The normalized spacial score (nSPS) is 12.2. The number of methoxy groups -OCH3 is 1. The highest BCUT2D eigenvalue weighted by Crippen LogP contribution is 2.27. The summed E-state index contributed by atoms with van der Waals surface area (Å²) in [6, 6.07) is 11.8. The fraction of sp³-hybridized carbons (Fsp3) is 0.462. The minimum absolute atomic E-state index is 0.104. The Kier molecular flexibility index (Phi) is 9.71. The van der Waals surface area contributed by atoms with Gasteiger partial charge < -0.3 is 15.0 Å². The van der Waals surface area contributed by atoms with Crippen LogP contribution in [-0.2, 0) is 26.2 Å². The molecule has 0 heterocycles. The van der Waals surface area contributed by atoms with Crippen LogP contribution in [0.15, 0.2) is 42.5 Å². The van der Waals surface area contributed by atoms with E-state index in [2.05, 4.69) is 5.32 Å². The second-order valence-corrected chi connectivity index (χ2v) is 10.9. The number of carbonyl (C=O) groups is 2. The van der Waals surface area contributed by atoms with Crippen LogP contribution in [0.25, 0.3) is 0 Å². The highest BCUT2D eigenvalue weighted by molar-refractivity contribution is 7.92. The number of nitrogens with one attached hydrogen (secondary N) is 1. The van der Waals surface area contributed by atoms with Gasteiger partial charge in [-0.1, -0.05) is 37.3 Å². The molecule has 0 aliphatic carbocycles. The number of sulfonamides is 1. The van der Waals surface area contributed by atoms with Gasteiger partial charge in [0.15, 0.2) is 0 Å². The fourth-order valence-corrected chi connectivity index (χ4v) is 5.01. The number of nitrogens with zero attached hydrogens (tertiary/aromatic N) is 2. The van der Waals surface area contributed by atoms with Gasteiger partial charge in [-0.05, 0) is 62.9 Å². The van der Waals surface area contributed by atoms with Crippen LogP contribution in [-0.4, -0.2) is 57.1 Å². The molecule has 2 aromatic carbocycles. The van der Waals surface area contributed by atoms with E-state index in [0.29, 0.717) is 17.9 Å². The van der Waals surface area contributed by atoms with E-state index in [1.807, 2.05) is 65.0 Å². The molecular weight excluding hydrogens is 466 g/mol. The number of para-hydroxylation sites is 1. The van der Waals surface area contributed by atoms with Crippen molar-refractivity contribution >= 4 is 27.5 Å². The molecule has 2 aromatic rings. The summed E-state index contributed by atoms with van der Waals surface area (Å²) in [5.74, 6) is -0.119. The van der Waals surface area contributed by atoms with Crippen molar-refractivity contribution in [3.05, 3.63) is 59.2 Å². The Hall–Kier alpha value is -3.07. The SMILES string of the molecule is CC[C@H](C(=O)NC(C)C)N(Cc1cccc(OC)c1)C(=O)CN(c1c(C)cccc1C)S(C)(=O)=O. The van der Waals surface area contributed by atoms with Gasteiger partial charge in [-0.25, -0.2) is 8.42 Å². The Morgan fingerprint density at radius 1 is 1.06 bits per heavy atom. The van der Waals surface area contributed by atoms with E-state index < -0.39 is 28.5 Å². The molecule has 35 heavy (non-hydrogen) atoms. The second kappa shape index (κ2) is 12.1. The summed E-state index contributed by atoms with van der Waals surface area (Å²) < 4.78 is 32.1. The highest BCUT2D eigenvalue weighted by atomic mass is 32.2. The van der Waals surface area contributed by atoms with Crippen LogP contribution in [0.2, 0.25) is 0 Å². The van der Waals surface area contributed by atoms with Gasteiger partial charge in [0.1, 0.15) is 18.3 Å². The van der Waals surface area contributed by atoms with Crippen molar-refractivity contribution in [1.29, 1.82) is 0 Å². The number of carbonyl (C=O) groups excluding carboxylic acids is 2. The molecule has 0 fully saturated rings. The molecule has 0 radical (unpaired) electrons. The van der Waals surface area contributed by atoms with Gasteiger partial charge in [-0.15, -0.1) is 0 Å². The maximum atomic E-state index is 13.8. The van der Waals surface area contributed by atoms with E-state index in [1.54, 1.807) is 19.2 Å². The summed E-state index contributed by atoms with van der Waals surface area (Å²) in [5.41, 5.74) is 2.73. The van der Waals surface area contributed by atoms with Gasteiger partial charge in [0.25, 0.3) is 0 Å². The summed E-state index contributed by atoms with van der Waals surface area (Å²) in [6.45, 7) is 8.87. The molecule has 2 amide bonds. The van der Waals surface area contributed by atoms with Crippen LogP contribution in [0, 0.1) is 13.8 Å². The summed E-state index contributed by atoms with van der Waals surface area (Å²) in [6.07, 6.45) is 1.46. The third-order valence-electron chi connectivity index (χ3n) is 5.67. The smallest absolute Gasteiger partial charge is 0.244 e. The third kappa shape index (κ3) is 7.45. The van der Waals surface area contributed by atoms with Gasteiger partial charge in [0.05, 0.1) is 19.1 Å².